The third kappa shape index (κ3) is 4.65. The maximum atomic E-state index is 11.1. The Morgan fingerprint density at radius 3 is 2.13 bits per heavy atom. The lowest BCUT2D eigenvalue weighted by molar-refractivity contribution is -0.145. The van der Waals surface area contributed by atoms with E-state index in [1.807, 2.05) is 13.8 Å². The van der Waals surface area contributed by atoms with Gasteiger partial charge in [0.15, 0.2) is 0 Å². The molecule has 0 bridgehead atoms. The minimum Gasteiger partial charge on any atom is -0.480 e. The summed E-state index contributed by atoms with van der Waals surface area (Å²) >= 11 is 0. The Hall–Kier alpha value is -0.570. The summed E-state index contributed by atoms with van der Waals surface area (Å²) in [5.41, 5.74) is -0.702. The topological polar surface area (TPSA) is 49.3 Å². The largest absolute Gasteiger partial charge is 0.480 e. The van der Waals surface area contributed by atoms with Crippen LogP contribution in [-0.4, -0.2) is 23.2 Å². The molecular formula is C12H25NO2. The Bertz CT molecular complexity index is 176. The van der Waals surface area contributed by atoms with Crippen LogP contribution in [-0.2, 0) is 4.79 Å². The molecule has 0 aromatic rings. The van der Waals surface area contributed by atoms with Gasteiger partial charge in [0.1, 0.15) is 5.54 Å². The zero-order chi connectivity index (χ0) is 11.7. The first-order valence-corrected chi connectivity index (χ1v) is 6.11. The molecule has 0 fully saturated rings. The van der Waals surface area contributed by atoms with Crippen molar-refractivity contribution in [2.45, 2.75) is 64.8 Å². The molecule has 0 radical (unpaired) electrons. The Balaban J connectivity index is 3.91. The van der Waals surface area contributed by atoms with E-state index in [2.05, 4.69) is 12.2 Å². The van der Waals surface area contributed by atoms with E-state index >= 15 is 0 Å². The summed E-state index contributed by atoms with van der Waals surface area (Å²) in [4.78, 5) is 11.1. The average Bonchev–Trinajstić information content (AvgIpc) is 2.23. The van der Waals surface area contributed by atoms with Crippen molar-refractivity contribution in [3.05, 3.63) is 0 Å². The number of hydrogen-bond acceptors (Lipinski definition) is 2. The minimum absolute atomic E-state index is 0.645. The summed E-state index contributed by atoms with van der Waals surface area (Å²) in [6.45, 7) is 6.84. The van der Waals surface area contributed by atoms with Crippen molar-refractivity contribution >= 4 is 5.97 Å². The van der Waals surface area contributed by atoms with Crippen LogP contribution in [0.15, 0.2) is 0 Å². The molecule has 0 rings (SSSR count). The molecule has 15 heavy (non-hydrogen) atoms. The molecule has 3 nitrogen and oxygen atoms in total. The smallest absolute Gasteiger partial charge is 0.323 e. The van der Waals surface area contributed by atoms with E-state index in [-0.39, 0.29) is 0 Å². The summed E-state index contributed by atoms with van der Waals surface area (Å²) in [6, 6.07) is 0. The Morgan fingerprint density at radius 2 is 1.73 bits per heavy atom. The van der Waals surface area contributed by atoms with E-state index in [4.69, 9.17) is 5.11 Å². The number of unbranched alkanes of at least 4 members (excludes halogenated alkanes) is 3. The molecule has 0 aliphatic carbocycles. The van der Waals surface area contributed by atoms with Gasteiger partial charge in [0.25, 0.3) is 0 Å². The van der Waals surface area contributed by atoms with Gasteiger partial charge in [0.2, 0.25) is 0 Å². The highest BCUT2D eigenvalue weighted by Crippen LogP contribution is 2.15. The fraction of sp³-hybridized carbons (Fsp3) is 0.917. The maximum absolute atomic E-state index is 11.1. The fourth-order valence-electron chi connectivity index (χ4n) is 1.76. The lowest BCUT2D eigenvalue weighted by atomic mass is 9.93. The highest BCUT2D eigenvalue weighted by atomic mass is 16.4. The van der Waals surface area contributed by atoms with Crippen molar-refractivity contribution in [2.24, 2.45) is 0 Å². The number of carbonyl (C=O) groups is 1. The lowest BCUT2D eigenvalue weighted by Crippen LogP contribution is -2.51. The van der Waals surface area contributed by atoms with Crippen molar-refractivity contribution in [2.75, 3.05) is 6.54 Å². The van der Waals surface area contributed by atoms with Crippen LogP contribution in [0.2, 0.25) is 0 Å². The zero-order valence-corrected chi connectivity index (χ0v) is 10.3. The first kappa shape index (κ1) is 14.4. The number of carboxylic acids is 1. The van der Waals surface area contributed by atoms with Gasteiger partial charge in [-0.05, 0) is 25.8 Å². The van der Waals surface area contributed by atoms with Gasteiger partial charge >= 0.3 is 5.97 Å². The first-order chi connectivity index (χ1) is 7.13. The number of nitrogens with one attached hydrogen (secondary N) is 1. The van der Waals surface area contributed by atoms with Gasteiger partial charge in [-0.2, -0.15) is 0 Å². The number of rotatable bonds is 9. The average molecular weight is 215 g/mol. The van der Waals surface area contributed by atoms with Gasteiger partial charge in [-0.3, -0.25) is 4.79 Å². The molecule has 0 spiro atoms. The number of carboxylic acid groups (broad SMARTS) is 1. The summed E-state index contributed by atoms with van der Waals surface area (Å²) in [6.07, 6.45) is 6.00. The standard InChI is InChI=1S/C12H25NO2/c1-4-7-8-9-10-13-12(5-2,6-3)11(14)15/h13H,4-10H2,1-3H3,(H,14,15). The Kier molecular flexibility index (Phi) is 7.39. The quantitative estimate of drug-likeness (QED) is 0.581. The van der Waals surface area contributed by atoms with Gasteiger partial charge in [-0.1, -0.05) is 40.0 Å². The number of aliphatic carboxylic acids is 1. The van der Waals surface area contributed by atoms with Crippen molar-refractivity contribution in [1.29, 1.82) is 0 Å². The second-order valence-electron chi connectivity index (χ2n) is 4.08. The molecular weight excluding hydrogens is 190 g/mol. The second kappa shape index (κ2) is 7.69. The minimum atomic E-state index is -0.719. The van der Waals surface area contributed by atoms with Crippen LogP contribution in [0.4, 0.5) is 0 Å². The summed E-state index contributed by atoms with van der Waals surface area (Å²) in [5.74, 6) is -0.719. The third-order valence-corrected chi connectivity index (χ3v) is 3.11. The van der Waals surface area contributed by atoms with Crippen molar-refractivity contribution < 1.29 is 9.90 Å². The molecule has 0 aliphatic rings. The predicted octanol–water partition coefficient (Wildman–Crippen LogP) is 2.80. The molecule has 0 aromatic carbocycles. The van der Waals surface area contributed by atoms with Gasteiger partial charge in [-0.25, -0.2) is 0 Å². The van der Waals surface area contributed by atoms with Crippen LogP contribution in [0, 0.1) is 0 Å². The second-order valence-corrected chi connectivity index (χ2v) is 4.08. The van der Waals surface area contributed by atoms with Crippen LogP contribution in [0.1, 0.15) is 59.3 Å². The van der Waals surface area contributed by atoms with Crippen LogP contribution < -0.4 is 5.32 Å². The van der Waals surface area contributed by atoms with E-state index in [1.54, 1.807) is 0 Å². The van der Waals surface area contributed by atoms with Gasteiger partial charge < -0.3 is 10.4 Å². The highest BCUT2D eigenvalue weighted by Gasteiger charge is 2.33. The molecule has 0 aromatic heterocycles. The van der Waals surface area contributed by atoms with Crippen LogP contribution in [0.3, 0.4) is 0 Å². The molecule has 90 valence electrons. The van der Waals surface area contributed by atoms with E-state index in [0.717, 1.165) is 13.0 Å². The highest BCUT2D eigenvalue weighted by molar-refractivity contribution is 5.78. The molecule has 0 heterocycles. The van der Waals surface area contributed by atoms with E-state index < -0.39 is 11.5 Å². The molecule has 0 amide bonds. The molecule has 0 atom stereocenters. The van der Waals surface area contributed by atoms with Crippen molar-refractivity contribution in [3.8, 4) is 0 Å². The van der Waals surface area contributed by atoms with Crippen molar-refractivity contribution in [3.63, 3.8) is 0 Å². The predicted molar refractivity (Wildman–Crippen MR) is 63.1 cm³/mol. The SMILES string of the molecule is CCCCCCNC(CC)(CC)C(=O)O. The van der Waals surface area contributed by atoms with Gasteiger partial charge in [-0.15, -0.1) is 0 Å². The normalized spacial score (nSPS) is 11.7. The molecule has 0 unspecified atom stereocenters. The Labute approximate surface area is 93.3 Å². The van der Waals surface area contributed by atoms with E-state index in [9.17, 15) is 4.79 Å². The Morgan fingerprint density at radius 1 is 1.13 bits per heavy atom. The summed E-state index contributed by atoms with van der Waals surface area (Å²) < 4.78 is 0. The van der Waals surface area contributed by atoms with E-state index in [1.165, 1.54) is 19.3 Å². The maximum Gasteiger partial charge on any atom is 0.323 e. The molecule has 3 heteroatoms. The molecule has 2 N–H and O–H groups in total. The lowest BCUT2D eigenvalue weighted by Gasteiger charge is -2.28. The monoisotopic (exact) mass is 215 g/mol. The first-order valence-electron chi connectivity index (χ1n) is 6.11. The third-order valence-electron chi connectivity index (χ3n) is 3.11. The summed E-state index contributed by atoms with van der Waals surface area (Å²) in [7, 11) is 0. The van der Waals surface area contributed by atoms with Gasteiger partial charge in [0, 0.05) is 0 Å². The van der Waals surface area contributed by atoms with Gasteiger partial charge in [0.05, 0.1) is 0 Å². The van der Waals surface area contributed by atoms with Crippen molar-refractivity contribution in [1.82, 2.24) is 5.32 Å². The number of hydrogen-bond donors (Lipinski definition) is 2. The fourth-order valence-corrected chi connectivity index (χ4v) is 1.76. The van der Waals surface area contributed by atoms with E-state index in [0.29, 0.717) is 12.8 Å². The molecule has 0 saturated heterocycles. The zero-order valence-electron chi connectivity index (χ0n) is 10.3. The van der Waals surface area contributed by atoms with Crippen LogP contribution >= 0.6 is 0 Å². The molecule has 0 aliphatic heterocycles. The molecule has 0 saturated carbocycles. The van der Waals surface area contributed by atoms with Crippen LogP contribution in [0.5, 0.6) is 0 Å². The van der Waals surface area contributed by atoms with Crippen LogP contribution in [0.25, 0.3) is 0 Å². The summed E-state index contributed by atoms with van der Waals surface area (Å²) in [5, 5.41) is 12.4.